The Kier molecular flexibility index (Phi) is 7.16. The quantitative estimate of drug-likeness (QED) is 0.707. The van der Waals surface area contributed by atoms with E-state index in [0.29, 0.717) is 12.6 Å². The Hall–Kier alpha value is -1.08. The van der Waals surface area contributed by atoms with Crippen molar-refractivity contribution in [3.05, 3.63) is 29.8 Å². The predicted molar refractivity (Wildman–Crippen MR) is 104 cm³/mol. The fraction of sp³-hybridized carbons (Fsp3) is 0.632. The lowest BCUT2D eigenvalue weighted by Gasteiger charge is -2.24. The molecule has 4 N–H and O–H groups in total. The highest BCUT2D eigenvalue weighted by atomic mass is 32.2. The number of benzene rings is 1. The van der Waals surface area contributed by atoms with Gasteiger partial charge in [0, 0.05) is 36.3 Å². The first kappa shape index (κ1) is 18.7. The molecule has 1 aromatic rings. The molecular formula is C19H30N4OS. The third kappa shape index (κ3) is 5.71. The Labute approximate surface area is 155 Å². The molecule has 6 heteroatoms. The molecule has 1 fully saturated rings. The summed E-state index contributed by atoms with van der Waals surface area (Å²) in [5.74, 6) is 0.896. The third-order valence-electron chi connectivity index (χ3n) is 5.16. The molecule has 2 aliphatic heterocycles. The fourth-order valence-corrected chi connectivity index (χ4v) is 4.85. The molecule has 0 aromatic heterocycles. The van der Waals surface area contributed by atoms with Crippen LogP contribution in [0.5, 0.6) is 0 Å². The van der Waals surface area contributed by atoms with Crippen molar-refractivity contribution in [3.8, 4) is 0 Å². The van der Waals surface area contributed by atoms with Gasteiger partial charge in [-0.1, -0.05) is 12.1 Å². The maximum absolute atomic E-state index is 11.7. The van der Waals surface area contributed by atoms with Crippen molar-refractivity contribution in [1.82, 2.24) is 15.5 Å². The van der Waals surface area contributed by atoms with Crippen molar-refractivity contribution >= 4 is 17.7 Å². The molecule has 5 nitrogen and oxygen atoms in total. The van der Waals surface area contributed by atoms with E-state index in [1.54, 1.807) is 0 Å². The lowest BCUT2D eigenvalue weighted by Crippen LogP contribution is -2.41. The van der Waals surface area contributed by atoms with E-state index in [1.807, 2.05) is 11.8 Å². The van der Waals surface area contributed by atoms with Crippen LogP contribution in [-0.4, -0.2) is 54.8 Å². The summed E-state index contributed by atoms with van der Waals surface area (Å²) in [6.07, 6.45) is 4.37. The van der Waals surface area contributed by atoms with Crippen molar-refractivity contribution < 1.29 is 4.79 Å². The molecule has 2 unspecified atom stereocenters. The number of amides is 1. The Morgan fingerprint density at radius 3 is 3.00 bits per heavy atom. The van der Waals surface area contributed by atoms with Crippen LogP contribution in [0.3, 0.4) is 0 Å². The number of thioether (sulfide) groups is 1. The lowest BCUT2D eigenvalue weighted by molar-refractivity contribution is -0.120. The van der Waals surface area contributed by atoms with Crippen LogP contribution in [0, 0.1) is 0 Å². The molecule has 0 saturated carbocycles. The van der Waals surface area contributed by atoms with Gasteiger partial charge in [-0.25, -0.2) is 0 Å². The highest BCUT2D eigenvalue weighted by Crippen LogP contribution is 2.26. The van der Waals surface area contributed by atoms with Gasteiger partial charge in [0.1, 0.15) is 0 Å². The Morgan fingerprint density at radius 1 is 1.20 bits per heavy atom. The Morgan fingerprint density at radius 2 is 2.12 bits per heavy atom. The summed E-state index contributed by atoms with van der Waals surface area (Å²) < 4.78 is 0. The first-order valence-electron chi connectivity index (χ1n) is 9.41. The van der Waals surface area contributed by atoms with Crippen molar-refractivity contribution in [2.24, 2.45) is 5.73 Å². The molecule has 2 atom stereocenters. The number of primary amides is 1. The average Bonchev–Trinajstić information content (AvgIpc) is 3.05. The minimum atomic E-state index is -0.258. The van der Waals surface area contributed by atoms with Crippen molar-refractivity contribution in [1.29, 1.82) is 0 Å². The molecule has 1 saturated heterocycles. The molecule has 25 heavy (non-hydrogen) atoms. The first-order valence-corrected chi connectivity index (χ1v) is 10.4. The largest absolute Gasteiger partial charge is 0.368 e. The Balaban J connectivity index is 1.67. The van der Waals surface area contributed by atoms with Gasteiger partial charge < -0.3 is 16.4 Å². The number of hydrogen-bond acceptors (Lipinski definition) is 5. The van der Waals surface area contributed by atoms with Gasteiger partial charge in [-0.3, -0.25) is 9.69 Å². The SMILES string of the molecule is NC(=O)C1CCCNCCN2CCCC2CSc2cccc(c2)CN1. The predicted octanol–water partition coefficient (Wildman–Crippen LogP) is 1.57. The van der Waals surface area contributed by atoms with Gasteiger partial charge in [-0.15, -0.1) is 11.8 Å². The fourth-order valence-electron chi connectivity index (χ4n) is 3.68. The minimum absolute atomic E-state index is 0.256. The van der Waals surface area contributed by atoms with E-state index < -0.39 is 0 Å². The molecule has 138 valence electrons. The van der Waals surface area contributed by atoms with Crippen molar-refractivity contribution in [2.45, 2.75) is 49.2 Å². The van der Waals surface area contributed by atoms with Gasteiger partial charge >= 0.3 is 0 Å². The van der Waals surface area contributed by atoms with Crippen LogP contribution in [0.2, 0.25) is 0 Å². The second-order valence-electron chi connectivity index (χ2n) is 7.02. The molecule has 0 radical (unpaired) electrons. The van der Waals surface area contributed by atoms with E-state index in [0.717, 1.165) is 38.2 Å². The number of hydrogen-bond donors (Lipinski definition) is 3. The number of rotatable bonds is 1. The van der Waals surface area contributed by atoms with E-state index in [4.69, 9.17) is 5.73 Å². The van der Waals surface area contributed by atoms with E-state index in [2.05, 4.69) is 39.8 Å². The molecule has 3 rings (SSSR count). The second-order valence-corrected chi connectivity index (χ2v) is 8.11. The number of fused-ring (bicyclic) bond motifs is 3. The highest BCUT2D eigenvalue weighted by Gasteiger charge is 2.24. The average molecular weight is 363 g/mol. The molecule has 1 amide bonds. The number of nitrogens with zero attached hydrogens (tertiary/aromatic N) is 1. The van der Waals surface area contributed by atoms with E-state index >= 15 is 0 Å². The monoisotopic (exact) mass is 362 g/mol. The van der Waals surface area contributed by atoms with E-state index in [-0.39, 0.29) is 11.9 Å². The summed E-state index contributed by atoms with van der Waals surface area (Å²) in [6.45, 7) is 4.98. The van der Waals surface area contributed by atoms with Gasteiger partial charge in [-0.2, -0.15) is 0 Å². The van der Waals surface area contributed by atoms with Gasteiger partial charge in [0.15, 0.2) is 0 Å². The highest BCUT2D eigenvalue weighted by molar-refractivity contribution is 7.99. The maximum atomic E-state index is 11.7. The van der Waals surface area contributed by atoms with E-state index in [1.165, 1.54) is 29.8 Å². The number of carbonyl (C=O) groups is 1. The summed E-state index contributed by atoms with van der Waals surface area (Å²) in [4.78, 5) is 15.6. The van der Waals surface area contributed by atoms with Gasteiger partial charge in [0.05, 0.1) is 6.04 Å². The molecule has 0 spiro atoms. The number of carbonyl (C=O) groups excluding carboxylic acids is 1. The zero-order valence-corrected chi connectivity index (χ0v) is 15.7. The van der Waals surface area contributed by atoms with Crippen LogP contribution < -0.4 is 16.4 Å². The molecule has 2 heterocycles. The van der Waals surface area contributed by atoms with Crippen LogP contribution in [0.25, 0.3) is 0 Å². The van der Waals surface area contributed by atoms with Gasteiger partial charge in [-0.05, 0) is 56.5 Å². The van der Waals surface area contributed by atoms with Gasteiger partial charge in [0.2, 0.25) is 5.91 Å². The zero-order valence-electron chi connectivity index (χ0n) is 14.9. The number of nitrogens with two attached hydrogens (primary N) is 1. The third-order valence-corrected chi connectivity index (χ3v) is 6.30. The standard InChI is InChI=1S/C19H30N4OS/c20-19(24)18-7-2-8-21-9-11-23-10-3-5-16(23)14-25-17-6-1-4-15(12-17)13-22-18/h1,4,6,12,16,18,21-22H,2-3,5,7-11,13-14H2,(H2,20,24). The smallest absolute Gasteiger partial charge is 0.234 e. The topological polar surface area (TPSA) is 70.4 Å². The van der Waals surface area contributed by atoms with Crippen LogP contribution in [0.4, 0.5) is 0 Å². The van der Waals surface area contributed by atoms with Gasteiger partial charge in [0.25, 0.3) is 0 Å². The molecule has 0 aliphatic carbocycles. The normalized spacial score (nSPS) is 26.9. The van der Waals surface area contributed by atoms with E-state index in [9.17, 15) is 4.79 Å². The summed E-state index contributed by atoms with van der Waals surface area (Å²) >= 11 is 1.95. The summed E-state index contributed by atoms with van der Waals surface area (Å²) in [6, 6.07) is 9.08. The van der Waals surface area contributed by atoms with Crippen LogP contribution in [0.1, 0.15) is 31.2 Å². The summed E-state index contributed by atoms with van der Waals surface area (Å²) in [7, 11) is 0. The lowest BCUT2D eigenvalue weighted by atomic mass is 10.1. The molecule has 1 aromatic carbocycles. The van der Waals surface area contributed by atoms with Crippen LogP contribution in [0.15, 0.2) is 29.2 Å². The van der Waals surface area contributed by atoms with Crippen LogP contribution in [-0.2, 0) is 11.3 Å². The molecule has 2 aliphatic rings. The summed E-state index contributed by atoms with van der Waals surface area (Å²) in [5, 5.41) is 6.84. The first-order chi connectivity index (χ1) is 12.2. The summed E-state index contributed by atoms with van der Waals surface area (Å²) in [5.41, 5.74) is 6.77. The minimum Gasteiger partial charge on any atom is -0.368 e. The second kappa shape index (κ2) is 9.57. The number of nitrogens with one attached hydrogen (secondary N) is 2. The Bertz CT molecular complexity index is 568. The molecular weight excluding hydrogens is 332 g/mol. The molecule has 2 bridgehead atoms. The van der Waals surface area contributed by atoms with Crippen molar-refractivity contribution in [3.63, 3.8) is 0 Å². The zero-order chi connectivity index (χ0) is 17.5. The van der Waals surface area contributed by atoms with Crippen molar-refractivity contribution in [2.75, 3.05) is 31.9 Å². The maximum Gasteiger partial charge on any atom is 0.234 e. The van der Waals surface area contributed by atoms with Crippen LogP contribution >= 0.6 is 11.8 Å².